The van der Waals surface area contributed by atoms with Gasteiger partial charge in [0.25, 0.3) is 17.7 Å². The van der Waals surface area contributed by atoms with Gasteiger partial charge in [-0.05, 0) is 55.2 Å². The minimum absolute atomic E-state index is 0.114. The molecule has 1 unspecified atom stereocenters. The number of imide groups is 1. The molecule has 32 heavy (non-hydrogen) atoms. The number of hydrogen-bond donors (Lipinski definition) is 1. The van der Waals surface area contributed by atoms with Crippen LogP contribution in [-0.4, -0.2) is 62.6 Å². The van der Waals surface area contributed by atoms with Crippen LogP contribution in [0.3, 0.4) is 0 Å². The van der Waals surface area contributed by atoms with Crippen molar-refractivity contribution in [1.29, 1.82) is 0 Å². The van der Waals surface area contributed by atoms with Crippen LogP contribution in [0.4, 0.5) is 0 Å². The maximum atomic E-state index is 12.8. The Morgan fingerprint density at radius 2 is 1.84 bits per heavy atom. The summed E-state index contributed by atoms with van der Waals surface area (Å²) in [6.07, 6.45) is 2.25. The Morgan fingerprint density at radius 1 is 1.06 bits per heavy atom. The molecule has 8 nitrogen and oxygen atoms in total. The van der Waals surface area contributed by atoms with Gasteiger partial charge in [0.15, 0.2) is 11.5 Å². The summed E-state index contributed by atoms with van der Waals surface area (Å²) in [6.45, 7) is 1.31. The Balaban J connectivity index is 1.38. The molecule has 2 aliphatic heterocycles. The molecule has 1 fully saturated rings. The van der Waals surface area contributed by atoms with Crippen LogP contribution in [0.25, 0.3) is 0 Å². The van der Waals surface area contributed by atoms with Crippen LogP contribution in [-0.2, 0) is 11.2 Å². The zero-order valence-corrected chi connectivity index (χ0v) is 18.2. The Morgan fingerprint density at radius 3 is 2.56 bits per heavy atom. The smallest absolute Gasteiger partial charge is 0.261 e. The number of fused-ring (bicyclic) bond motifs is 1. The third-order valence-electron chi connectivity index (χ3n) is 5.79. The van der Waals surface area contributed by atoms with Crippen LogP contribution < -0.4 is 14.8 Å². The van der Waals surface area contributed by atoms with Gasteiger partial charge in [0.1, 0.15) is 0 Å². The van der Waals surface area contributed by atoms with Crippen LogP contribution in [0.1, 0.15) is 49.5 Å². The Kier molecular flexibility index (Phi) is 6.41. The minimum Gasteiger partial charge on any atom is -0.493 e. The summed E-state index contributed by atoms with van der Waals surface area (Å²) in [7, 11) is 3.15. The zero-order valence-electron chi connectivity index (χ0n) is 18.2. The van der Waals surface area contributed by atoms with Crippen molar-refractivity contribution in [3.63, 3.8) is 0 Å². The van der Waals surface area contributed by atoms with Crippen molar-refractivity contribution in [2.75, 3.05) is 33.9 Å². The summed E-state index contributed by atoms with van der Waals surface area (Å²) in [5, 5.41) is 2.86. The van der Waals surface area contributed by atoms with Gasteiger partial charge in [-0.1, -0.05) is 6.07 Å². The predicted octanol–water partition coefficient (Wildman–Crippen LogP) is 2.45. The molecule has 2 aromatic rings. The molecule has 2 aliphatic rings. The van der Waals surface area contributed by atoms with Crippen molar-refractivity contribution in [3.05, 3.63) is 58.7 Å². The van der Waals surface area contributed by atoms with E-state index >= 15 is 0 Å². The second-order valence-electron chi connectivity index (χ2n) is 7.81. The largest absolute Gasteiger partial charge is 0.493 e. The van der Waals surface area contributed by atoms with E-state index < -0.39 is 0 Å². The van der Waals surface area contributed by atoms with Gasteiger partial charge in [0.05, 0.1) is 38.0 Å². The molecule has 1 N–H and O–H groups in total. The van der Waals surface area contributed by atoms with Gasteiger partial charge in [0, 0.05) is 18.7 Å². The van der Waals surface area contributed by atoms with Crippen molar-refractivity contribution >= 4 is 17.7 Å². The van der Waals surface area contributed by atoms with Crippen LogP contribution in [0, 0.1) is 0 Å². The van der Waals surface area contributed by atoms with Crippen molar-refractivity contribution < 1.29 is 28.6 Å². The average Bonchev–Trinajstić information content (AvgIpc) is 3.41. The fourth-order valence-electron chi connectivity index (χ4n) is 4.05. The summed E-state index contributed by atoms with van der Waals surface area (Å²) in [5.41, 5.74) is 1.93. The van der Waals surface area contributed by atoms with Gasteiger partial charge >= 0.3 is 0 Å². The zero-order chi connectivity index (χ0) is 22.7. The molecule has 2 heterocycles. The maximum absolute atomic E-state index is 12.8. The minimum atomic E-state index is -0.375. The molecule has 1 atom stereocenters. The summed E-state index contributed by atoms with van der Waals surface area (Å²) >= 11 is 0. The van der Waals surface area contributed by atoms with E-state index in [1.54, 1.807) is 26.4 Å². The van der Waals surface area contributed by atoms with Gasteiger partial charge in [-0.2, -0.15) is 0 Å². The lowest BCUT2D eigenvalue weighted by Gasteiger charge is -2.17. The Labute approximate surface area is 186 Å². The second kappa shape index (κ2) is 9.40. The molecular formula is C24H26N2O6. The van der Waals surface area contributed by atoms with E-state index in [1.165, 1.54) is 11.0 Å². The van der Waals surface area contributed by atoms with Crippen LogP contribution in [0.2, 0.25) is 0 Å². The molecule has 0 saturated carbocycles. The molecule has 1 saturated heterocycles. The van der Waals surface area contributed by atoms with Crippen molar-refractivity contribution in [3.8, 4) is 11.5 Å². The fourth-order valence-corrected chi connectivity index (χ4v) is 4.05. The number of nitrogens with one attached hydrogen (secondary N) is 1. The second-order valence-corrected chi connectivity index (χ2v) is 7.81. The van der Waals surface area contributed by atoms with Crippen LogP contribution in [0.15, 0.2) is 36.4 Å². The van der Waals surface area contributed by atoms with Crippen LogP contribution in [0.5, 0.6) is 11.5 Å². The van der Waals surface area contributed by atoms with E-state index in [1.807, 2.05) is 18.2 Å². The standard InChI is InChI=1S/C24H26N2O6/c1-30-20-8-5-15(12-21(20)31-2)9-10-25-22(27)16-6-7-18-19(13-16)24(29)26(23(18)28)14-17-4-3-11-32-17/h5-8,12-13,17H,3-4,9-11,14H2,1-2H3,(H,25,27). The third-order valence-corrected chi connectivity index (χ3v) is 5.79. The highest BCUT2D eigenvalue weighted by Crippen LogP contribution is 2.28. The molecule has 4 rings (SSSR count). The maximum Gasteiger partial charge on any atom is 0.261 e. The summed E-state index contributed by atoms with van der Waals surface area (Å²) < 4.78 is 16.1. The first kappa shape index (κ1) is 21.8. The molecule has 8 heteroatoms. The van der Waals surface area contributed by atoms with Crippen LogP contribution >= 0.6 is 0 Å². The highest BCUT2D eigenvalue weighted by molar-refractivity contribution is 6.22. The number of methoxy groups -OCH3 is 2. The lowest BCUT2D eigenvalue weighted by molar-refractivity contribution is 0.0475. The molecule has 3 amide bonds. The van der Waals surface area contributed by atoms with E-state index in [2.05, 4.69) is 5.32 Å². The molecule has 0 aliphatic carbocycles. The quantitative estimate of drug-likeness (QED) is 0.637. The first-order valence-corrected chi connectivity index (χ1v) is 10.6. The lowest BCUT2D eigenvalue weighted by atomic mass is 10.1. The van der Waals surface area contributed by atoms with Crippen molar-refractivity contribution in [2.24, 2.45) is 0 Å². The van der Waals surface area contributed by atoms with Gasteiger partial charge < -0.3 is 19.5 Å². The number of nitrogens with zero attached hydrogens (tertiary/aromatic N) is 1. The number of carbonyl (C=O) groups is 3. The molecule has 0 spiro atoms. The van der Waals surface area contributed by atoms with Gasteiger partial charge in [-0.15, -0.1) is 0 Å². The van der Waals surface area contributed by atoms with E-state index in [9.17, 15) is 14.4 Å². The topological polar surface area (TPSA) is 94.2 Å². The first-order chi connectivity index (χ1) is 15.5. The molecule has 0 bridgehead atoms. The highest BCUT2D eigenvalue weighted by Gasteiger charge is 2.37. The molecule has 0 aromatic heterocycles. The van der Waals surface area contributed by atoms with Gasteiger partial charge in [0.2, 0.25) is 0 Å². The van der Waals surface area contributed by atoms with Gasteiger partial charge in [-0.25, -0.2) is 0 Å². The number of rotatable bonds is 8. The number of carbonyl (C=O) groups excluding carboxylic acids is 3. The normalized spacial score (nSPS) is 17.4. The summed E-state index contributed by atoms with van der Waals surface area (Å²) in [6, 6.07) is 10.2. The predicted molar refractivity (Wildman–Crippen MR) is 116 cm³/mol. The summed E-state index contributed by atoms with van der Waals surface area (Å²) in [4.78, 5) is 39.3. The number of benzene rings is 2. The number of hydrogen-bond acceptors (Lipinski definition) is 6. The highest BCUT2D eigenvalue weighted by atomic mass is 16.5. The fraction of sp³-hybridized carbons (Fsp3) is 0.375. The van der Waals surface area contributed by atoms with E-state index in [4.69, 9.17) is 14.2 Å². The van der Waals surface area contributed by atoms with E-state index in [-0.39, 0.29) is 35.9 Å². The molecule has 168 valence electrons. The van der Waals surface area contributed by atoms with E-state index in [0.717, 1.165) is 18.4 Å². The molecule has 0 radical (unpaired) electrons. The number of ether oxygens (including phenoxy) is 3. The summed E-state index contributed by atoms with van der Waals surface area (Å²) in [5.74, 6) is 0.268. The number of amides is 3. The lowest BCUT2D eigenvalue weighted by Crippen LogP contribution is -2.36. The average molecular weight is 438 g/mol. The SMILES string of the molecule is COc1ccc(CCNC(=O)c2ccc3c(c2)C(=O)N(CC2CCCO2)C3=O)cc1OC. The third kappa shape index (κ3) is 4.31. The van der Waals surface area contributed by atoms with E-state index in [0.29, 0.717) is 42.2 Å². The molecule has 2 aromatic carbocycles. The first-order valence-electron chi connectivity index (χ1n) is 10.6. The Hall–Kier alpha value is -3.39. The van der Waals surface area contributed by atoms with Crippen molar-refractivity contribution in [2.45, 2.75) is 25.4 Å². The van der Waals surface area contributed by atoms with Crippen molar-refractivity contribution in [1.82, 2.24) is 10.2 Å². The molecular weight excluding hydrogens is 412 g/mol. The Bertz CT molecular complexity index is 1040. The van der Waals surface area contributed by atoms with Gasteiger partial charge in [-0.3, -0.25) is 19.3 Å². The monoisotopic (exact) mass is 438 g/mol.